The molecular weight excluding hydrogens is 362 g/mol. The van der Waals surface area contributed by atoms with E-state index in [2.05, 4.69) is 36.0 Å². The predicted molar refractivity (Wildman–Crippen MR) is 99.4 cm³/mol. The number of rotatable bonds is 4. The number of anilines is 1. The van der Waals surface area contributed by atoms with E-state index in [0.29, 0.717) is 30.2 Å². The normalized spacial score (nSPS) is 16.8. The molecule has 11 heteroatoms. The van der Waals surface area contributed by atoms with Crippen molar-refractivity contribution in [1.82, 2.24) is 40.3 Å². The van der Waals surface area contributed by atoms with Crippen LogP contribution in [-0.2, 0) is 0 Å². The lowest BCUT2D eigenvalue weighted by molar-refractivity contribution is 0.191. The molecule has 0 unspecified atom stereocenters. The zero-order chi connectivity index (χ0) is 19.5. The van der Waals surface area contributed by atoms with Gasteiger partial charge in [-0.05, 0) is 36.3 Å². The molecule has 146 valence electrons. The van der Waals surface area contributed by atoms with E-state index in [9.17, 15) is 4.79 Å². The fraction of sp³-hybridized carbons (Fsp3) is 0.412. The molecule has 1 aliphatic heterocycles. The smallest absolute Gasteiger partial charge is 0.321 e. The highest BCUT2D eigenvalue weighted by molar-refractivity contribution is 5.90. The maximum Gasteiger partial charge on any atom is 0.321 e. The van der Waals surface area contributed by atoms with E-state index in [1.165, 1.54) is 11.0 Å². The minimum atomic E-state index is -0.173. The maximum atomic E-state index is 12.8. The highest BCUT2D eigenvalue weighted by atomic mass is 16.5. The number of benzene rings is 1. The average molecular weight is 383 g/mol. The van der Waals surface area contributed by atoms with E-state index in [0.717, 1.165) is 24.5 Å². The Bertz CT molecular complexity index is 953. The van der Waals surface area contributed by atoms with Crippen molar-refractivity contribution in [2.24, 2.45) is 0 Å². The molecule has 0 radical (unpaired) electrons. The van der Waals surface area contributed by atoms with Crippen molar-refractivity contribution in [2.75, 3.05) is 25.5 Å². The molecule has 2 N–H and O–H groups in total. The molecule has 3 heterocycles. The zero-order valence-corrected chi connectivity index (χ0v) is 15.7. The van der Waals surface area contributed by atoms with Crippen molar-refractivity contribution in [3.63, 3.8) is 0 Å². The number of hydrogen-bond acceptors (Lipinski definition) is 7. The molecule has 11 nitrogen and oxygen atoms in total. The van der Waals surface area contributed by atoms with Crippen LogP contribution in [0.15, 0.2) is 24.5 Å². The Morgan fingerprint density at radius 3 is 2.96 bits per heavy atom. The van der Waals surface area contributed by atoms with Crippen molar-refractivity contribution in [3.05, 3.63) is 36.2 Å². The van der Waals surface area contributed by atoms with Gasteiger partial charge in [0.15, 0.2) is 5.82 Å². The summed E-state index contributed by atoms with van der Waals surface area (Å²) in [5, 5.41) is 21.2. The first kappa shape index (κ1) is 17.9. The first-order valence-corrected chi connectivity index (χ1v) is 8.99. The van der Waals surface area contributed by atoms with Crippen molar-refractivity contribution in [3.8, 4) is 11.4 Å². The molecule has 2 amide bonds. The van der Waals surface area contributed by atoms with Crippen LogP contribution in [0.4, 0.5) is 10.5 Å². The first-order valence-electron chi connectivity index (χ1n) is 8.99. The van der Waals surface area contributed by atoms with Gasteiger partial charge in [-0.15, -0.1) is 5.10 Å². The van der Waals surface area contributed by atoms with Gasteiger partial charge in [-0.3, -0.25) is 5.10 Å². The summed E-state index contributed by atoms with van der Waals surface area (Å²) in [5.41, 5.74) is 1.29. The fourth-order valence-electron chi connectivity index (χ4n) is 3.30. The average Bonchev–Trinajstić information content (AvgIpc) is 3.40. The molecule has 2 aromatic heterocycles. The number of H-pyrrole nitrogens is 1. The third-order valence-corrected chi connectivity index (χ3v) is 4.68. The number of nitrogens with zero attached hydrogens (tertiary/aromatic N) is 7. The van der Waals surface area contributed by atoms with E-state index in [4.69, 9.17) is 4.74 Å². The second-order valence-corrected chi connectivity index (χ2v) is 6.67. The van der Waals surface area contributed by atoms with Crippen molar-refractivity contribution >= 4 is 11.7 Å². The fourth-order valence-corrected chi connectivity index (χ4v) is 3.30. The lowest BCUT2D eigenvalue weighted by atomic mass is 9.98. The van der Waals surface area contributed by atoms with Crippen LogP contribution in [-0.4, -0.2) is 66.5 Å². The summed E-state index contributed by atoms with van der Waals surface area (Å²) < 4.78 is 6.83. The largest absolute Gasteiger partial charge is 0.497 e. The summed E-state index contributed by atoms with van der Waals surface area (Å²) in [5.74, 6) is 2.27. The first-order chi connectivity index (χ1) is 13.6. The zero-order valence-electron chi connectivity index (χ0n) is 15.7. The molecule has 4 rings (SSSR count). The van der Waals surface area contributed by atoms with Crippen LogP contribution in [0, 0.1) is 6.92 Å². The van der Waals surface area contributed by atoms with Crippen molar-refractivity contribution < 1.29 is 9.53 Å². The second-order valence-electron chi connectivity index (χ2n) is 6.67. The molecular formula is C17H21N9O2. The predicted octanol–water partition coefficient (Wildman–Crippen LogP) is 1.51. The molecule has 1 aromatic carbocycles. The molecule has 1 fully saturated rings. The molecule has 1 atom stereocenters. The van der Waals surface area contributed by atoms with Gasteiger partial charge in [0.2, 0.25) is 0 Å². The lowest BCUT2D eigenvalue weighted by Crippen LogP contribution is -2.41. The minimum Gasteiger partial charge on any atom is -0.497 e. The lowest BCUT2D eigenvalue weighted by Gasteiger charge is -2.31. The van der Waals surface area contributed by atoms with Gasteiger partial charge in [-0.2, -0.15) is 5.10 Å². The monoisotopic (exact) mass is 383 g/mol. The number of amides is 2. The van der Waals surface area contributed by atoms with Crippen LogP contribution < -0.4 is 10.1 Å². The minimum absolute atomic E-state index is 0.131. The van der Waals surface area contributed by atoms with Crippen molar-refractivity contribution in [2.45, 2.75) is 25.7 Å². The number of aromatic amines is 1. The third kappa shape index (κ3) is 3.77. The number of aromatic nitrogens is 7. The van der Waals surface area contributed by atoms with Gasteiger partial charge in [0.1, 0.15) is 17.9 Å². The Labute approximate surface area is 161 Å². The molecule has 0 aliphatic carbocycles. The number of hydrogen-bond donors (Lipinski definition) is 2. The van der Waals surface area contributed by atoms with E-state index < -0.39 is 0 Å². The van der Waals surface area contributed by atoms with Crippen LogP contribution in [0.2, 0.25) is 0 Å². The van der Waals surface area contributed by atoms with Gasteiger partial charge in [-0.1, -0.05) is 0 Å². The van der Waals surface area contributed by atoms with Crippen LogP contribution in [0.3, 0.4) is 0 Å². The number of carbonyl (C=O) groups excluding carboxylic acids is 1. The Hall–Kier alpha value is -3.50. The van der Waals surface area contributed by atoms with E-state index >= 15 is 0 Å². The molecule has 3 aromatic rings. The number of tetrazole rings is 1. The third-order valence-electron chi connectivity index (χ3n) is 4.68. The van der Waals surface area contributed by atoms with Gasteiger partial charge < -0.3 is 15.0 Å². The maximum absolute atomic E-state index is 12.8. The number of piperidine rings is 1. The SMILES string of the molecule is COc1cc(NC(=O)N2CCC[C@@H](c3n[nH]c(C)n3)C2)cc(-n2cnnn2)c1. The molecule has 0 bridgehead atoms. The Morgan fingerprint density at radius 1 is 1.36 bits per heavy atom. The highest BCUT2D eigenvalue weighted by Crippen LogP contribution is 2.26. The molecule has 0 spiro atoms. The van der Waals surface area contributed by atoms with Crippen LogP contribution in [0.1, 0.15) is 30.4 Å². The van der Waals surface area contributed by atoms with Crippen LogP contribution in [0.5, 0.6) is 5.75 Å². The molecule has 28 heavy (non-hydrogen) atoms. The van der Waals surface area contributed by atoms with Gasteiger partial charge in [0.05, 0.1) is 12.8 Å². The molecule has 0 saturated carbocycles. The summed E-state index contributed by atoms with van der Waals surface area (Å²) in [4.78, 5) is 19.0. The standard InChI is InChI=1S/C17H21N9O2/c1-11-19-16(22-21-11)12-4-3-5-25(9-12)17(27)20-13-6-14(8-15(7-13)28-2)26-10-18-23-24-26/h6-8,10,12H,3-5,9H2,1-2H3,(H,20,27)(H,19,21,22)/t12-/m1/s1. The molecule has 1 saturated heterocycles. The number of methoxy groups -OCH3 is 1. The summed E-state index contributed by atoms with van der Waals surface area (Å²) >= 11 is 0. The Morgan fingerprint density at radius 2 is 2.25 bits per heavy atom. The van der Waals surface area contributed by atoms with E-state index in [1.54, 1.807) is 30.2 Å². The van der Waals surface area contributed by atoms with Crippen molar-refractivity contribution in [1.29, 1.82) is 0 Å². The van der Waals surface area contributed by atoms with E-state index in [-0.39, 0.29) is 11.9 Å². The summed E-state index contributed by atoms with van der Waals surface area (Å²) in [6.07, 6.45) is 3.35. The summed E-state index contributed by atoms with van der Waals surface area (Å²) in [6.45, 7) is 3.14. The van der Waals surface area contributed by atoms with Gasteiger partial charge in [0, 0.05) is 36.8 Å². The summed E-state index contributed by atoms with van der Waals surface area (Å²) in [6, 6.07) is 5.16. The summed E-state index contributed by atoms with van der Waals surface area (Å²) in [7, 11) is 1.57. The number of urea groups is 1. The number of likely N-dealkylation sites (tertiary alicyclic amines) is 1. The topological polar surface area (TPSA) is 127 Å². The van der Waals surface area contributed by atoms with Crippen LogP contribution in [0.25, 0.3) is 5.69 Å². The second kappa shape index (κ2) is 7.62. The number of nitrogens with one attached hydrogen (secondary N) is 2. The Kier molecular flexibility index (Phi) is 4.87. The Balaban J connectivity index is 1.49. The quantitative estimate of drug-likeness (QED) is 0.699. The van der Waals surface area contributed by atoms with E-state index in [1.807, 2.05) is 6.92 Å². The number of ether oxygens (including phenoxy) is 1. The van der Waals surface area contributed by atoms with Gasteiger partial charge in [0.25, 0.3) is 0 Å². The van der Waals surface area contributed by atoms with Gasteiger partial charge in [-0.25, -0.2) is 14.5 Å². The van der Waals surface area contributed by atoms with Crippen LogP contribution >= 0.6 is 0 Å². The van der Waals surface area contributed by atoms with Gasteiger partial charge >= 0.3 is 6.03 Å². The number of carbonyl (C=O) groups is 1. The highest BCUT2D eigenvalue weighted by Gasteiger charge is 2.27. The molecule has 1 aliphatic rings. The number of aryl methyl sites for hydroxylation is 1.